The first-order valence-electron chi connectivity index (χ1n) is 17.6. The van der Waals surface area contributed by atoms with E-state index in [1.165, 1.54) is 104 Å². The summed E-state index contributed by atoms with van der Waals surface area (Å²) in [6, 6.07) is 7.60. The number of benzene rings is 1. The summed E-state index contributed by atoms with van der Waals surface area (Å²) in [5, 5.41) is 17.4. The van der Waals surface area contributed by atoms with Crippen molar-refractivity contribution in [2.75, 3.05) is 20.7 Å². The number of carboxylic acids is 2. The minimum atomic E-state index is -1.08. The van der Waals surface area contributed by atoms with Crippen LogP contribution in [0.5, 0.6) is 5.75 Å². The number of rotatable bonds is 5. The maximum Gasteiger partial charge on any atom is 0.332 e. The summed E-state index contributed by atoms with van der Waals surface area (Å²) in [5.74, 6) is -0.255. The molecule has 18 heteroatoms. The number of fused-ring (bicyclic) bond motifs is 3. The van der Waals surface area contributed by atoms with E-state index in [-0.39, 0.29) is 35.4 Å². The maximum absolute atomic E-state index is 11.9. The van der Waals surface area contributed by atoms with Crippen molar-refractivity contribution in [3.8, 4) is 5.75 Å². The molecular weight excluding hydrogens is 702 g/mol. The number of aryl methyl sites for hydroxylation is 2. The van der Waals surface area contributed by atoms with Crippen LogP contribution in [0.25, 0.3) is 22.3 Å². The molecule has 3 aliphatic rings. The lowest BCUT2D eigenvalue weighted by atomic mass is 9.52. The highest BCUT2D eigenvalue weighted by atomic mass is 16.5. The maximum atomic E-state index is 11.9. The number of hydrogen-bond donors (Lipinski definition) is 2. The minimum absolute atomic E-state index is 0.108. The highest BCUT2D eigenvalue weighted by Gasteiger charge is 2.53. The highest BCUT2D eigenvalue weighted by molar-refractivity contribution is 5.75. The van der Waals surface area contributed by atoms with Crippen molar-refractivity contribution in [1.82, 2.24) is 42.3 Å². The number of piperidine rings is 1. The van der Waals surface area contributed by atoms with Gasteiger partial charge in [-0.15, -0.1) is 0 Å². The van der Waals surface area contributed by atoms with E-state index >= 15 is 0 Å². The van der Waals surface area contributed by atoms with E-state index in [0.717, 1.165) is 26.8 Å². The lowest BCUT2D eigenvalue weighted by molar-refractivity contribution is -0.138. The lowest BCUT2D eigenvalue weighted by Gasteiger charge is -2.58. The van der Waals surface area contributed by atoms with Gasteiger partial charge < -0.3 is 29.0 Å². The Labute approximate surface area is 308 Å². The lowest BCUT2D eigenvalue weighted by Crippen LogP contribution is -2.59. The number of nitrogens with zero attached hydrogens (tertiary/aromatic N) is 9. The Balaban J connectivity index is 0.000000139. The summed E-state index contributed by atoms with van der Waals surface area (Å²) in [6.07, 6.45) is 10.7. The number of carbonyl (C=O) groups is 2. The van der Waals surface area contributed by atoms with Crippen molar-refractivity contribution < 1.29 is 24.5 Å². The quantitative estimate of drug-likeness (QED) is 0.251. The molecule has 1 aliphatic heterocycles. The molecule has 0 amide bonds. The third-order valence-electron chi connectivity index (χ3n) is 11.4. The summed E-state index contributed by atoms with van der Waals surface area (Å²) in [6.45, 7) is 0.520. The first kappa shape index (κ1) is 38.0. The third-order valence-corrected chi connectivity index (χ3v) is 11.4. The van der Waals surface area contributed by atoms with E-state index in [2.05, 4.69) is 40.1 Å². The van der Waals surface area contributed by atoms with E-state index in [0.29, 0.717) is 5.41 Å². The number of likely N-dealkylation sites (tertiary alicyclic amines) is 1. The number of hydrogen-bond acceptors (Lipinski definition) is 10. The molecule has 1 aromatic carbocycles. The van der Waals surface area contributed by atoms with Gasteiger partial charge in [0.25, 0.3) is 11.1 Å². The molecule has 4 aromatic heterocycles. The zero-order chi connectivity index (χ0) is 39.2. The van der Waals surface area contributed by atoms with Gasteiger partial charge in [0.1, 0.15) is 18.8 Å². The molecule has 288 valence electrons. The highest BCUT2D eigenvalue weighted by Crippen LogP contribution is 2.55. The van der Waals surface area contributed by atoms with Gasteiger partial charge in [0.05, 0.1) is 19.8 Å². The normalized spacial score (nSPS) is 20.3. The number of likely N-dealkylation sites (N-methyl/N-ethyl adjacent to an activating group) is 1. The summed E-state index contributed by atoms with van der Waals surface area (Å²) in [7, 11) is 9.74. The molecule has 18 nitrogen and oxygen atoms in total. The van der Waals surface area contributed by atoms with Crippen LogP contribution in [-0.4, -0.2) is 91.2 Å². The van der Waals surface area contributed by atoms with Gasteiger partial charge in [-0.2, -0.15) is 0 Å². The van der Waals surface area contributed by atoms with Gasteiger partial charge in [-0.1, -0.05) is 18.9 Å². The number of carboxylic acid groups (broad SMARTS) is 2. The third kappa shape index (κ3) is 6.43. The van der Waals surface area contributed by atoms with Crippen LogP contribution in [-0.2, 0) is 62.7 Å². The standard InChI is InChI=1S/C18H25NO.2C9H10N4O4/c1-19-10-9-18-8-4-3-5-15(18)17(19)11-13-6-7-14(20-2)12-16(13)18;2*1-11-7-6(8(16)12(2)9(11)17)13(4-10-7)3-5(14)15/h6-7,12,15,17H,3-5,8-11H2,1-2H3;2*4H,3H2,1-2H3,(H,14,15)/t15-,17-,18-;;/m0../s1. The van der Waals surface area contributed by atoms with Crippen molar-refractivity contribution in [1.29, 1.82) is 0 Å². The molecule has 0 radical (unpaired) electrons. The van der Waals surface area contributed by atoms with Crippen LogP contribution in [0.15, 0.2) is 50.0 Å². The van der Waals surface area contributed by atoms with Crippen LogP contribution < -0.4 is 27.2 Å². The fraction of sp³-hybridized carbons (Fsp3) is 0.500. The van der Waals surface area contributed by atoms with Gasteiger partial charge in [-0.25, -0.2) is 19.6 Å². The summed E-state index contributed by atoms with van der Waals surface area (Å²) < 4.78 is 12.2. The van der Waals surface area contributed by atoms with Crippen LogP contribution in [0.3, 0.4) is 0 Å². The molecule has 0 unspecified atom stereocenters. The van der Waals surface area contributed by atoms with E-state index in [1.54, 1.807) is 18.2 Å². The molecule has 2 bridgehead atoms. The zero-order valence-electron chi connectivity index (χ0n) is 31.2. The van der Waals surface area contributed by atoms with E-state index in [1.807, 2.05) is 0 Å². The predicted octanol–water partition coefficient (Wildman–Crippen LogP) is 0.420. The second kappa shape index (κ2) is 14.6. The monoisotopic (exact) mass is 747 g/mol. The Bertz CT molecular complexity index is 2400. The van der Waals surface area contributed by atoms with Gasteiger partial charge in [0.2, 0.25) is 0 Å². The van der Waals surface area contributed by atoms with E-state index in [4.69, 9.17) is 14.9 Å². The van der Waals surface area contributed by atoms with Crippen LogP contribution in [0.1, 0.15) is 43.2 Å². The Morgan fingerprint density at radius 2 is 1.33 bits per heavy atom. The number of aliphatic carboxylic acids is 2. The Morgan fingerprint density at radius 1 is 0.796 bits per heavy atom. The number of ether oxygens (including phenoxy) is 1. The van der Waals surface area contributed by atoms with Gasteiger partial charge in [0, 0.05) is 39.6 Å². The van der Waals surface area contributed by atoms with Gasteiger partial charge in [-0.05, 0) is 68.5 Å². The molecule has 2 fully saturated rings. The molecule has 54 heavy (non-hydrogen) atoms. The Kier molecular flexibility index (Phi) is 10.2. The van der Waals surface area contributed by atoms with Crippen molar-refractivity contribution >= 4 is 34.3 Å². The molecule has 1 saturated carbocycles. The second-order valence-electron chi connectivity index (χ2n) is 14.3. The van der Waals surface area contributed by atoms with Crippen LogP contribution >= 0.6 is 0 Å². The van der Waals surface area contributed by atoms with E-state index in [9.17, 15) is 28.8 Å². The molecule has 5 aromatic rings. The van der Waals surface area contributed by atoms with Crippen molar-refractivity contribution in [2.24, 2.45) is 34.1 Å². The largest absolute Gasteiger partial charge is 0.497 e. The van der Waals surface area contributed by atoms with Gasteiger partial charge in [0.15, 0.2) is 22.3 Å². The number of aromatic nitrogens is 8. The SMILES string of the molecule is COc1ccc2c(c1)[C@]13CCCC[C@H]1[C@H](C2)N(C)CC3.Cn1c(=O)c2c(ncn2CC(=O)O)n(C)c1=O.Cn1c(=O)c2c(ncn2CC(=O)O)n(C)c1=O. The average Bonchev–Trinajstić information content (AvgIpc) is 3.77. The van der Waals surface area contributed by atoms with Crippen molar-refractivity contribution in [3.63, 3.8) is 0 Å². The molecule has 0 spiro atoms. The summed E-state index contributed by atoms with van der Waals surface area (Å²) >= 11 is 0. The number of methoxy groups -OCH3 is 1. The molecule has 5 heterocycles. The predicted molar refractivity (Wildman–Crippen MR) is 197 cm³/mol. The summed E-state index contributed by atoms with van der Waals surface area (Å²) in [4.78, 5) is 78.6. The number of imidazole rings is 2. The summed E-state index contributed by atoms with van der Waals surface area (Å²) in [5.41, 5.74) is 2.14. The fourth-order valence-corrected chi connectivity index (χ4v) is 8.63. The minimum Gasteiger partial charge on any atom is -0.497 e. The smallest absolute Gasteiger partial charge is 0.332 e. The topological polar surface area (TPSA) is 211 Å². The van der Waals surface area contributed by atoms with Crippen LogP contribution in [0.4, 0.5) is 0 Å². The molecule has 2 aliphatic carbocycles. The first-order valence-corrected chi connectivity index (χ1v) is 17.6. The second-order valence-corrected chi connectivity index (χ2v) is 14.3. The fourth-order valence-electron chi connectivity index (χ4n) is 8.63. The van der Waals surface area contributed by atoms with Crippen LogP contribution in [0.2, 0.25) is 0 Å². The molecule has 1 saturated heterocycles. The first-order chi connectivity index (χ1) is 25.6. The molecule has 2 N–H and O–H groups in total. The zero-order valence-corrected chi connectivity index (χ0v) is 31.2. The Hall–Kier alpha value is -5.78. The Morgan fingerprint density at radius 3 is 1.83 bits per heavy atom. The molecule has 3 atom stereocenters. The van der Waals surface area contributed by atoms with E-state index < -0.39 is 34.4 Å². The van der Waals surface area contributed by atoms with Crippen molar-refractivity contribution in [2.45, 2.75) is 63.1 Å². The average molecular weight is 748 g/mol. The van der Waals surface area contributed by atoms with Crippen LogP contribution in [0, 0.1) is 5.92 Å². The molecular formula is C36H45N9O9. The van der Waals surface area contributed by atoms with Gasteiger partial charge in [-0.3, -0.25) is 37.4 Å². The van der Waals surface area contributed by atoms with Gasteiger partial charge >= 0.3 is 23.3 Å². The molecule has 8 rings (SSSR count). The van der Waals surface area contributed by atoms with Crippen molar-refractivity contribution in [3.05, 3.63) is 83.7 Å².